The summed E-state index contributed by atoms with van der Waals surface area (Å²) < 4.78 is 33.1. The highest BCUT2D eigenvalue weighted by Crippen LogP contribution is 2.36. The minimum Gasteiger partial charge on any atom is -0.399 e. The average molecular weight is 432 g/mol. The standard InChI is InChI=1S/C20H25BN2O6S/c1-19(2)20(3,4)29-21(28-19)17-8-5-16(6-9-17)14-27-22-18(24)10-7-15-11-12-23(13-15)30(25)26/h5-13H,14H2,1-4H3,(H,22,24)(H,25,26). The Kier molecular flexibility index (Phi) is 6.64. The maximum Gasteiger partial charge on any atom is 0.494 e. The third kappa shape index (κ3) is 5.27. The third-order valence-electron chi connectivity index (χ3n) is 5.21. The quantitative estimate of drug-likeness (QED) is 0.301. The van der Waals surface area contributed by atoms with Crippen LogP contribution in [0.5, 0.6) is 0 Å². The molecule has 1 saturated heterocycles. The van der Waals surface area contributed by atoms with Gasteiger partial charge in [-0.1, -0.05) is 24.3 Å². The van der Waals surface area contributed by atoms with Gasteiger partial charge in [-0.15, -0.1) is 0 Å². The Morgan fingerprint density at radius 2 is 1.83 bits per heavy atom. The maximum atomic E-state index is 11.8. The monoisotopic (exact) mass is 432 g/mol. The van der Waals surface area contributed by atoms with Crippen LogP contribution >= 0.6 is 0 Å². The van der Waals surface area contributed by atoms with Crippen LogP contribution in [0.25, 0.3) is 6.08 Å². The van der Waals surface area contributed by atoms with E-state index < -0.39 is 35.5 Å². The van der Waals surface area contributed by atoms with Gasteiger partial charge in [0.1, 0.15) is 0 Å². The van der Waals surface area contributed by atoms with Gasteiger partial charge in [0.25, 0.3) is 17.2 Å². The zero-order valence-electron chi connectivity index (χ0n) is 17.3. The lowest BCUT2D eigenvalue weighted by Gasteiger charge is -2.32. The Morgan fingerprint density at radius 1 is 1.20 bits per heavy atom. The maximum absolute atomic E-state index is 11.8. The lowest BCUT2D eigenvalue weighted by atomic mass is 9.79. The topological polar surface area (TPSA) is 99.0 Å². The van der Waals surface area contributed by atoms with Gasteiger partial charge in [0.15, 0.2) is 0 Å². The van der Waals surface area contributed by atoms with E-state index in [2.05, 4.69) is 5.48 Å². The van der Waals surface area contributed by atoms with Gasteiger partial charge >= 0.3 is 7.12 Å². The first-order chi connectivity index (χ1) is 14.1. The molecule has 10 heteroatoms. The molecule has 2 N–H and O–H groups in total. The Bertz CT molecular complexity index is 938. The Morgan fingerprint density at radius 3 is 2.40 bits per heavy atom. The number of benzene rings is 1. The van der Waals surface area contributed by atoms with Crippen molar-refractivity contribution >= 4 is 35.8 Å². The molecule has 0 saturated carbocycles. The summed E-state index contributed by atoms with van der Waals surface area (Å²) in [7, 11) is -0.423. The Labute approximate surface area is 178 Å². The number of aromatic nitrogens is 1. The van der Waals surface area contributed by atoms with E-state index in [-0.39, 0.29) is 6.61 Å². The van der Waals surface area contributed by atoms with Gasteiger partial charge in [0.2, 0.25) is 0 Å². The summed E-state index contributed by atoms with van der Waals surface area (Å²) in [6.45, 7) is 8.23. The van der Waals surface area contributed by atoms with Crippen LogP contribution in [-0.4, -0.2) is 37.0 Å². The van der Waals surface area contributed by atoms with Crippen LogP contribution in [0.1, 0.15) is 38.8 Å². The van der Waals surface area contributed by atoms with E-state index in [0.717, 1.165) is 15.0 Å². The van der Waals surface area contributed by atoms with E-state index in [9.17, 15) is 9.00 Å². The largest absolute Gasteiger partial charge is 0.494 e. The van der Waals surface area contributed by atoms with E-state index >= 15 is 0 Å². The lowest BCUT2D eigenvalue weighted by Crippen LogP contribution is -2.41. The molecular weight excluding hydrogens is 407 g/mol. The number of carbonyl (C=O) groups is 1. The summed E-state index contributed by atoms with van der Waals surface area (Å²) in [5.74, 6) is -0.443. The van der Waals surface area contributed by atoms with Crippen molar-refractivity contribution in [2.75, 3.05) is 0 Å². The lowest BCUT2D eigenvalue weighted by molar-refractivity contribution is -0.129. The van der Waals surface area contributed by atoms with Crippen molar-refractivity contribution in [2.45, 2.75) is 45.5 Å². The summed E-state index contributed by atoms with van der Waals surface area (Å²) in [5.41, 5.74) is 3.95. The molecule has 30 heavy (non-hydrogen) atoms. The van der Waals surface area contributed by atoms with Crippen LogP contribution in [0.2, 0.25) is 0 Å². The second-order valence-electron chi connectivity index (χ2n) is 7.95. The zero-order chi connectivity index (χ0) is 21.9. The van der Waals surface area contributed by atoms with Crippen molar-refractivity contribution in [3.05, 3.63) is 59.9 Å². The predicted molar refractivity (Wildman–Crippen MR) is 115 cm³/mol. The predicted octanol–water partition coefficient (Wildman–Crippen LogP) is 2.03. The van der Waals surface area contributed by atoms with Crippen LogP contribution < -0.4 is 10.9 Å². The van der Waals surface area contributed by atoms with Crippen LogP contribution in [0, 0.1) is 0 Å². The van der Waals surface area contributed by atoms with E-state index in [1.807, 2.05) is 52.0 Å². The van der Waals surface area contributed by atoms with Gasteiger partial charge < -0.3 is 9.31 Å². The minimum atomic E-state index is -2.12. The molecule has 0 bridgehead atoms. The summed E-state index contributed by atoms with van der Waals surface area (Å²) in [5, 5.41) is 0. The number of nitrogens with zero attached hydrogens (tertiary/aromatic N) is 1. The number of hydrogen-bond acceptors (Lipinski definition) is 5. The van der Waals surface area contributed by atoms with Gasteiger partial charge in [0, 0.05) is 18.5 Å². The van der Waals surface area contributed by atoms with Crippen molar-refractivity contribution in [3.63, 3.8) is 0 Å². The molecule has 2 heterocycles. The molecule has 8 nitrogen and oxygen atoms in total. The average Bonchev–Trinajstić information content (AvgIpc) is 3.23. The second kappa shape index (κ2) is 8.87. The number of rotatable bonds is 7. The highest BCUT2D eigenvalue weighted by molar-refractivity contribution is 7.77. The molecule has 0 spiro atoms. The Balaban J connectivity index is 1.47. The fourth-order valence-electron chi connectivity index (χ4n) is 2.73. The highest BCUT2D eigenvalue weighted by Gasteiger charge is 2.51. The van der Waals surface area contributed by atoms with Crippen molar-refractivity contribution in [2.24, 2.45) is 0 Å². The molecular formula is C20H25BN2O6S. The van der Waals surface area contributed by atoms with Gasteiger partial charge in [0.05, 0.1) is 17.8 Å². The first-order valence-electron chi connectivity index (χ1n) is 9.41. The molecule has 1 amide bonds. The first kappa shape index (κ1) is 22.5. The molecule has 1 aromatic heterocycles. The molecule has 0 radical (unpaired) electrons. The fraction of sp³-hybridized carbons (Fsp3) is 0.350. The van der Waals surface area contributed by atoms with E-state index in [1.54, 1.807) is 6.07 Å². The molecule has 2 aromatic rings. The van der Waals surface area contributed by atoms with Crippen molar-refractivity contribution in [1.29, 1.82) is 0 Å². The van der Waals surface area contributed by atoms with Gasteiger partial charge in [-0.25, -0.2) is 9.69 Å². The van der Waals surface area contributed by atoms with Gasteiger partial charge in [-0.3, -0.25) is 18.2 Å². The summed E-state index contributed by atoms with van der Waals surface area (Å²) in [6.07, 6.45) is 5.68. The number of carbonyl (C=O) groups excluding carboxylic acids is 1. The SMILES string of the molecule is CC1(C)OB(c2ccc(CONC(=O)C=Cc3ccn(S(=O)O)c3)cc2)OC1(C)C. The van der Waals surface area contributed by atoms with E-state index in [4.69, 9.17) is 18.7 Å². The van der Waals surface area contributed by atoms with Crippen molar-refractivity contribution in [3.8, 4) is 0 Å². The first-order valence-corrected chi connectivity index (χ1v) is 10.5. The summed E-state index contributed by atoms with van der Waals surface area (Å²) in [6, 6.07) is 9.22. The molecule has 1 aromatic carbocycles. The molecule has 1 atom stereocenters. The van der Waals surface area contributed by atoms with E-state index in [1.165, 1.54) is 24.5 Å². The molecule has 160 valence electrons. The van der Waals surface area contributed by atoms with Crippen LogP contribution in [0.4, 0.5) is 0 Å². The number of hydrogen-bond donors (Lipinski definition) is 2. The minimum absolute atomic E-state index is 0.198. The van der Waals surface area contributed by atoms with Crippen molar-refractivity contribution in [1.82, 2.24) is 9.45 Å². The number of nitrogens with one attached hydrogen (secondary N) is 1. The zero-order valence-corrected chi connectivity index (χ0v) is 18.1. The highest BCUT2D eigenvalue weighted by atomic mass is 32.2. The number of hydroxylamine groups is 1. The second-order valence-corrected chi connectivity index (χ2v) is 8.84. The molecule has 0 aliphatic carbocycles. The third-order valence-corrected chi connectivity index (χ3v) is 5.80. The van der Waals surface area contributed by atoms with Crippen LogP contribution in [0.3, 0.4) is 0 Å². The molecule has 3 rings (SSSR count). The summed E-state index contributed by atoms with van der Waals surface area (Å²) in [4.78, 5) is 17.1. The Hall–Kier alpha value is -2.24. The molecule has 1 aliphatic heterocycles. The van der Waals surface area contributed by atoms with E-state index in [0.29, 0.717) is 5.56 Å². The van der Waals surface area contributed by atoms with Gasteiger partial charge in [-0.2, -0.15) is 0 Å². The summed E-state index contributed by atoms with van der Waals surface area (Å²) >= 11 is -2.12. The van der Waals surface area contributed by atoms with Crippen LogP contribution in [0.15, 0.2) is 48.8 Å². The molecule has 1 unspecified atom stereocenters. The number of amides is 1. The van der Waals surface area contributed by atoms with Crippen molar-refractivity contribution < 1.29 is 27.7 Å². The smallest absolute Gasteiger partial charge is 0.399 e. The fourth-order valence-corrected chi connectivity index (χ4v) is 3.11. The molecule has 1 fully saturated rings. The normalized spacial score (nSPS) is 18.6. The van der Waals surface area contributed by atoms with Gasteiger partial charge in [-0.05, 0) is 56.4 Å². The van der Waals surface area contributed by atoms with Crippen LogP contribution in [-0.2, 0) is 36.8 Å². The molecule has 1 aliphatic rings.